The molecule has 0 amide bonds. The van der Waals surface area contributed by atoms with Gasteiger partial charge in [-0.15, -0.1) is 0 Å². The summed E-state index contributed by atoms with van der Waals surface area (Å²) in [5.74, 6) is -1.54. The second-order valence-corrected chi connectivity index (χ2v) is 15.7. The normalized spacial score (nSPS) is 22.1. The number of hydrogen-bond acceptors (Lipinski definition) is 6. The molecule has 254 valence electrons. The SMILES string of the molecule is CCN1\C(=C/C=C/C=C/C2=[N+](CCCS(=O)(=O)O)c3ccccc3C2(C)CCCC(=O)O)C(C)(CCCS(=O)(=O)O)c2ccccc21. The number of benzene rings is 2. The molecule has 4 rings (SSSR count). The Morgan fingerprint density at radius 3 is 2.11 bits per heavy atom. The zero-order valence-corrected chi connectivity index (χ0v) is 28.8. The molecule has 2 aromatic carbocycles. The molecule has 2 aliphatic heterocycles. The molecule has 0 radical (unpaired) electrons. The van der Waals surface area contributed by atoms with Crippen molar-refractivity contribution in [1.29, 1.82) is 0 Å². The van der Waals surface area contributed by atoms with Gasteiger partial charge in [0.2, 0.25) is 5.69 Å². The van der Waals surface area contributed by atoms with Gasteiger partial charge in [0.05, 0.1) is 16.9 Å². The molecular formula is C35H45N2O8S2+. The van der Waals surface area contributed by atoms with Gasteiger partial charge < -0.3 is 10.0 Å². The summed E-state index contributed by atoms with van der Waals surface area (Å²) in [7, 11) is -8.21. The van der Waals surface area contributed by atoms with E-state index in [1.54, 1.807) is 0 Å². The van der Waals surface area contributed by atoms with Gasteiger partial charge in [-0.3, -0.25) is 13.9 Å². The molecule has 3 N–H and O–H groups in total. The third kappa shape index (κ3) is 8.48. The Balaban J connectivity index is 1.69. The number of carboxylic acids is 1. The van der Waals surface area contributed by atoms with Crippen LogP contribution in [0.3, 0.4) is 0 Å². The van der Waals surface area contributed by atoms with Crippen molar-refractivity contribution in [3.8, 4) is 0 Å². The van der Waals surface area contributed by atoms with Crippen molar-refractivity contribution in [1.82, 2.24) is 0 Å². The summed E-state index contributed by atoms with van der Waals surface area (Å²) in [6, 6.07) is 15.9. The predicted octanol–water partition coefficient (Wildman–Crippen LogP) is 6.04. The van der Waals surface area contributed by atoms with Crippen molar-refractivity contribution in [3.63, 3.8) is 0 Å². The summed E-state index contributed by atoms with van der Waals surface area (Å²) in [4.78, 5) is 13.6. The Labute approximate surface area is 278 Å². The maximum atomic E-state index is 11.5. The van der Waals surface area contributed by atoms with Crippen molar-refractivity contribution in [2.24, 2.45) is 0 Å². The first kappa shape index (κ1) is 36.3. The van der Waals surface area contributed by atoms with Crippen LogP contribution in [0.2, 0.25) is 0 Å². The van der Waals surface area contributed by atoms with E-state index in [9.17, 15) is 35.8 Å². The number of likely N-dealkylation sites (N-methyl/N-ethyl adjacent to an activating group) is 1. The van der Waals surface area contributed by atoms with E-state index in [-0.39, 0.29) is 24.3 Å². The van der Waals surface area contributed by atoms with E-state index in [4.69, 9.17) is 0 Å². The monoisotopic (exact) mass is 685 g/mol. The minimum atomic E-state index is -4.13. The summed E-state index contributed by atoms with van der Waals surface area (Å²) in [5.41, 5.74) is 5.06. The van der Waals surface area contributed by atoms with Crippen LogP contribution in [0.25, 0.3) is 0 Å². The molecule has 47 heavy (non-hydrogen) atoms. The lowest BCUT2D eigenvalue weighted by molar-refractivity contribution is -0.437. The first-order valence-corrected chi connectivity index (χ1v) is 19.1. The summed E-state index contributed by atoms with van der Waals surface area (Å²) in [6.07, 6.45) is 11.9. The highest BCUT2D eigenvalue weighted by Crippen LogP contribution is 2.50. The number of fused-ring (bicyclic) bond motifs is 2. The molecule has 2 aliphatic rings. The minimum Gasteiger partial charge on any atom is -0.481 e. The van der Waals surface area contributed by atoms with Crippen LogP contribution in [0.1, 0.15) is 70.4 Å². The van der Waals surface area contributed by atoms with E-state index in [1.165, 1.54) is 0 Å². The smallest absolute Gasteiger partial charge is 0.303 e. The van der Waals surface area contributed by atoms with Gasteiger partial charge in [-0.2, -0.15) is 21.4 Å². The Morgan fingerprint density at radius 2 is 1.45 bits per heavy atom. The molecule has 0 saturated carbocycles. The van der Waals surface area contributed by atoms with Gasteiger partial charge in [0, 0.05) is 53.9 Å². The van der Waals surface area contributed by atoms with E-state index in [0.717, 1.165) is 33.9 Å². The standard InChI is InChI=1S/C35H44N2O8S2/c1-4-36-29-17-10-8-15-27(29)35(3,23-13-25-46(40,41)42)31(36)19-6-5-7-20-32-34(2,22-12-21-33(38)39)28-16-9-11-18-30(28)37(32)24-14-26-47(43,44)45/h5-11,15-20H,4,12-14,21-26H2,1-3H3,(H2-,38,39,40,41,42,43,44,45)/p+1. The molecular weight excluding hydrogens is 641 g/mol. The molecule has 0 saturated heterocycles. The van der Waals surface area contributed by atoms with Gasteiger partial charge in [0.25, 0.3) is 20.2 Å². The highest BCUT2D eigenvalue weighted by atomic mass is 32.2. The number of para-hydroxylation sites is 2. The number of anilines is 1. The quantitative estimate of drug-likeness (QED) is 0.109. The number of hydrogen-bond donors (Lipinski definition) is 3. The van der Waals surface area contributed by atoms with Gasteiger partial charge >= 0.3 is 5.97 Å². The van der Waals surface area contributed by atoms with Crippen LogP contribution >= 0.6 is 0 Å². The van der Waals surface area contributed by atoms with E-state index in [1.807, 2.05) is 66.8 Å². The second-order valence-electron chi connectivity index (χ2n) is 12.6. The highest BCUT2D eigenvalue weighted by molar-refractivity contribution is 7.86. The molecule has 2 atom stereocenters. The summed E-state index contributed by atoms with van der Waals surface area (Å²) in [5, 5.41) is 9.31. The van der Waals surface area contributed by atoms with E-state index >= 15 is 0 Å². The number of carboxylic acid groups (broad SMARTS) is 1. The Morgan fingerprint density at radius 1 is 0.830 bits per heavy atom. The third-order valence-electron chi connectivity index (χ3n) is 9.27. The number of rotatable bonds is 16. The minimum absolute atomic E-state index is 0.0320. The van der Waals surface area contributed by atoms with Crippen LogP contribution in [0.4, 0.5) is 11.4 Å². The Kier molecular flexibility index (Phi) is 11.3. The number of aliphatic carboxylic acids is 1. The van der Waals surface area contributed by atoms with Crippen LogP contribution in [0, 0.1) is 0 Å². The number of carbonyl (C=O) groups is 1. The Hall–Kier alpha value is -3.58. The molecule has 0 aromatic heterocycles. The van der Waals surface area contributed by atoms with Gasteiger partial charge in [-0.25, -0.2) is 0 Å². The lowest BCUT2D eigenvalue weighted by Gasteiger charge is -2.29. The molecule has 2 unspecified atom stereocenters. The fourth-order valence-electron chi connectivity index (χ4n) is 7.10. The first-order chi connectivity index (χ1) is 22.1. The van der Waals surface area contributed by atoms with Crippen molar-refractivity contribution >= 4 is 43.3 Å². The maximum absolute atomic E-state index is 11.5. The van der Waals surface area contributed by atoms with Crippen molar-refractivity contribution in [3.05, 3.63) is 95.7 Å². The summed E-state index contributed by atoms with van der Waals surface area (Å²) >= 11 is 0. The van der Waals surface area contributed by atoms with Gasteiger partial charge in [-0.1, -0.05) is 54.6 Å². The van der Waals surface area contributed by atoms with Gasteiger partial charge in [0.15, 0.2) is 5.71 Å². The average molecular weight is 686 g/mol. The van der Waals surface area contributed by atoms with Crippen LogP contribution in [-0.4, -0.2) is 71.9 Å². The topological polar surface area (TPSA) is 152 Å². The molecule has 12 heteroatoms. The Bertz CT molecular complexity index is 1830. The molecule has 2 aromatic rings. The van der Waals surface area contributed by atoms with E-state index < -0.39 is 37.0 Å². The zero-order valence-electron chi connectivity index (χ0n) is 27.2. The van der Waals surface area contributed by atoms with Crippen LogP contribution in [0.15, 0.2) is 84.6 Å². The van der Waals surface area contributed by atoms with Crippen LogP contribution < -0.4 is 4.90 Å². The van der Waals surface area contributed by atoms with E-state index in [2.05, 4.69) is 42.4 Å². The van der Waals surface area contributed by atoms with Crippen molar-refractivity contribution in [2.45, 2.75) is 70.1 Å². The zero-order chi connectivity index (χ0) is 34.5. The molecule has 0 spiro atoms. The first-order valence-electron chi connectivity index (χ1n) is 15.9. The van der Waals surface area contributed by atoms with Gasteiger partial charge in [0.1, 0.15) is 6.54 Å². The maximum Gasteiger partial charge on any atom is 0.303 e. The highest BCUT2D eigenvalue weighted by Gasteiger charge is 2.47. The van der Waals surface area contributed by atoms with Crippen molar-refractivity contribution < 1.29 is 40.4 Å². The van der Waals surface area contributed by atoms with E-state index in [0.29, 0.717) is 38.8 Å². The van der Waals surface area contributed by atoms with Gasteiger partial charge in [-0.05, 0) is 64.2 Å². The molecule has 0 fully saturated rings. The molecule has 0 bridgehead atoms. The average Bonchev–Trinajstić information content (AvgIpc) is 3.36. The number of allylic oxidation sites excluding steroid dienone is 6. The lowest BCUT2D eigenvalue weighted by Crippen LogP contribution is -2.32. The summed E-state index contributed by atoms with van der Waals surface area (Å²) in [6.45, 7) is 7.30. The van der Waals surface area contributed by atoms with Crippen LogP contribution in [0.5, 0.6) is 0 Å². The second kappa shape index (κ2) is 14.7. The molecule has 10 nitrogen and oxygen atoms in total. The fourth-order valence-corrected chi connectivity index (χ4v) is 8.10. The van der Waals surface area contributed by atoms with Crippen molar-refractivity contribution in [2.75, 3.05) is 29.5 Å². The largest absolute Gasteiger partial charge is 0.481 e. The molecule has 0 aliphatic carbocycles. The lowest BCUT2D eigenvalue weighted by atomic mass is 9.75. The molecule has 2 heterocycles. The summed E-state index contributed by atoms with van der Waals surface area (Å²) < 4.78 is 66.7. The van der Waals surface area contributed by atoms with Crippen LogP contribution in [-0.2, 0) is 35.9 Å². The third-order valence-corrected chi connectivity index (χ3v) is 10.9. The number of nitrogens with zero attached hydrogens (tertiary/aromatic N) is 2. The predicted molar refractivity (Wildman–Crippen MR) is 185 cm³/mol. The fraction of sp³-hybridized carbons (Fsp3) is 0.429.